The topological polar surface area (TPSA) is 135 Å². The van der Waals surface area contributed by atoms with E-state index in [1.807, 2.05) is 12.1 Å². The predicted molar refractivity (Wildman–Crippen MR) is 204 cm³/mol. The first-order chi connectivity index (χ1) is 25.7. The summed E-state index contributed by atoms with van der Waals surface area (Å²) < 4.78 is 54.7. The van der Waals surface area contributed by atoms with Crippen molar-refractivity contribution in [3.05, 3.63) is 24.3 Å². The molecule has 1 aromatic rings. The van der Waals surface area contributed by atoms with Gasteiger partial charge in [-0.3, -0.25) is 4.79 Å². The van der Waals surface area contributed by atoms with E-state index >= 15 is 0 Å². The van der Waals surface area contributed by atoms with Crippen molar-refractivity contribution in [2.45, 2.75) is 96.8 Å². The molecule has 12 heteroatoms. The van der Waals surface area contributed by atoms with Crippen molar-refractivity contribution in [1.82, 2.24) is 0 Å². The van der Waals surface area contributed by atoms with E-state index in [9.17, 15) is 4.79 Å². The number of benzene rings is 1. The van der Waals surface area contributed by atoms with Crippen LogP contribution in [0.2, 0.25) is 0 Å². The molecule has 1 aromatic carbocycles. The van der Waals surface area contributed by atoms with Crippen molar-refractivity contribution in [2.24, 2.45) is 0 Å². The van der Waals surface area contributed by atoms with Crippen molar-refractivity contribution in [2.75, 3.05) is 125 Å². The van der Waals surface area contributed by atoms with Gasteiger partial charge in [-0.25, -0.2) is 0 Å². The van der Waals surface area contributed by atoms with E-state index < -0.39 is 0 Å². The van der Waals surface area contributed by atoms with Gasteiger partial charge < -0.3 is 53.1 Å². The highest BCUT2D eigenvalue weighted by Gasteiger charge is 2.03. The zero-order chi connectivity index (χ0) is 37.3. The fourth-order valence-corrected chi connectivity index (χ4v) is 5.00. The maximum atomic E-state index is 11.9. The number of hydrogen-bond donors (Lipinski definition) is 1. The molecule has 0 unspecified atom stereocenters. The number of hydrogen-bond acceptors (Lipinski definition) is 12. The van der Waals surface area contributed by atoms with Gasteiger partial charge in [0.2, 0.25) is 0 Å². The third-order valence-corrected chi connectivity index (χ3v) is 7.96. The van der Waals surface area contributed by atoms with Crippen LogP contribution >= 0.6 is 0 Å². The van der Waals surface area contributed by atoms with Gasteiger partial charge in [0.15, 0.2) is 0 Å². The fraction of sp³-hybridized carbons (Fsp3) is 0.825. The van der Waals surface area contributed by atoms with Gasteiger partial charge in [-0.1, -0.05) is 84.0 Å². The maximum absolute atomic E-state index is 11.9. The molecule has 2 N–H and O–H groups in total. The number of ether oxygens (including phenoxy) is 10. The summed E-state index contributed by atoms with van der Waals surface area (Å²) in [6.45, 7) is 10.8. The molecule has 0 aromatic heterocycles. The number of rotatable bonds is 42. The molecule has 0 saturated heterocycles. The molecule has 12 nitrogen and oxygen atoms in total. The van der Waals surface area contributed by atoms with Crippen molar-refractivity contribution < 1.29 is 52.2 Å². The van der Waals surface area contributed by atoms with Gasteiger partial charge in [-0.15, -0.1) is 0 Å². The van der Waals surface area contributed by atoms with Gasteiger partial charge in [0.1, 0.15) is 19.0 Å². The Balaban J connectivity index is 1.65. The lowest BCUT2D eigenvalue weighted by Crippen LogP contribution is -2.15. The van der Waals surface area contributed by atoms with Crippen LogP contribution in [0.25, 0.3) is 0 Å². The van der Waals surface area contributed by atoms with Gasteiger partial charge in [-0.05, 0) is 30.7 Å². The first-order valence-corrected chi connectivity index (χ1v) is 20.0. The number of esters is 1. The minimum absolute atomic E-state index is 0.132. The lowest BCUT2D eigenvalue weighted by Gasteiger charge is -2.09. The Morgan fingerprint density at radius 3 is 1.10 bits per heavy atom. The largest absolute Gasteiger partial charge is 0.491 e. The van der Waals surface area contributed by atoms with Crippen LogP contribution in [0.3, 0.4) is 0 Å². The molecule has 304 valence electrons. The average molecular weight is 744 g/mol. The number of nitrogens with two attached hydrogens (primary N) is 1. The van der Waals surface area contributed by atoms with Gasteiger partial charge in [0.05, 0.1) is 106 Å². The van der Waals surface area contributed by atoms with Crippen LogP contribution in [-0.4, -0.2) is 125 Å². The second kappa shape index (κ2) is 40.2. The Labute approximate surface area is 314 Å². The molecule has 0 aliphatic rings. The molecular weight excluding hydrogens is 670 g/mol. The summed E-state index contributed by atoms with van der Waals surface area (Å²) in [6, 6.07) is 7.27. The molecule has 0 amide bonds. The maximum Gasteiger partial charge on any atom is 0.305 e. The Morgan fingerprint density at radius 1 is 0.423 bits per heavy atom. The highest BCUT2D eigenvalue weighted by atomic mass is 16.6. The second-order valence-electron chi connectivity index (χ2n) is 12.5. The van der Waals surface area contributed by atoms with Crippen LogP contribution in [-0.2, 0) is 47.4 Å². The Bertz CT molecular complexity index is 862. The summed E-state index contributed by atoms with van der Waals surface area (Å²) in [5.74, 6) is 0.640. The summed E-state index contributed by atoms with van der Waals surface area (Å²) in [5, 5.41) is 0. The van der Waals surface area contributed by atoms with Crippen LogP contribution < -0.4 is 10.5 Å². The van der Waals surface area contributed by atoms with Crippen LogP contribution in [0.1, 0.15) is 96.8 Å². The lowest BCUT2D eigenvalue weighted by molar-refractivity contribution is -0.145. The number of carbonyl (C=O) groups excluding carboxylic acids is 1. The minimum Gasteiger partial charge on any atom is -0.491 e. The standard InChI is InChI=1S/C40H73NO11/c1-2-3-4-5-6-7-8-9-10-11-12-13-14-15-40(42)52-37-35-50-33-31-48-29-27-46-25-23-44-21-20-43-22-24-45-26-28-47-30-32-49-34-36-51-39-18-16-38(41)17-19-39/h16-19H,2-15,20-37,41H2,1H3. The molecule has 0 radical (unpaired) electrons. The summed E-state index contributed by atoms with van der Waals surface area (Å²) in [6.07, 6.45) is 17.3. The number of unbranched alkanes of at least 4 members (excludes halogenated alkanes) is 12. The molecule has 0 aliphatic carbocycles. The molecule has 0 heterocycles. The summed E-state index contributed by atoms with van der Waals surface area (Å²) >= 11 is 0. The molecule has 0 fully saturated rings. The Kier molecular flexibility index (Phi) is 37.1. The first-order valence-electron chi connectivity index (χ1n) is 20.0. The third kappa shape index (κ3) is 36.3. The zero-order valence-corrected chi connectivity index (χ0v) is 32.5. The predicted octanol–water partition coefficient (Wildman–Crippen LogP) is 6.80. The molecule has 0 saturated carbocycles. The number of anilines is 1. The van der Waals surface area contributed by atoms with E-state index in [1.165, 1.54) is 70.6 Å². The average Bonchev–Trinajstić information content (AvgIpc) is 3.15. The third-order valence-electron chi connectivity index (χ3n) is 7.96. The Morgan fingerprint density at radius 2 is 0.731 bits per heavy atom. The highest BCUT2D eigenvalue weighted by molar-refractivity contribution is 5.69. The van der Waals surface area contributed by atoms with Crippen LogP contribution in [0, 0.1) is 0 Å². The molecule has 1 rings (SSSR count). The quantitative estimate of drug-likeness (QED) is 0.0429. The van der Waals surface area contributed by atoms with Gasteiger partial charge in [0, 0.05) is 12.1 Å². The minimum atomic E-state index is -0.132. The zero-order valence-electron chi connectivity index (χ0n) is 32.5. The smallest absolute Gasteiger partial charge is 0.305 e. The first kappa shape index (κ1) is 48.0. The molecule has 0 atom stereocenters. The number of carbonyl (C=O) groups is 1. The van der Waals surface area contributed by atoms with Crippen molar-refractivity contribution >= 4 is 11.7 Å². The van der Waals surface area contributed by atoms with Crippen molar-refractivity contribution in [3.63, 3.8) is 0 Å². The molecular formula is C40H73NO11. The van der Waals surface area contributed by atoms with E-state index in [1.54, 1.807) is 12.1 Å². The molecule has 52 heavy (non-hydrogen) atoms. The van der Waals surface area contributed by atoms with Gasteiger partial charge >= 0.3 is 5.97 Å². The molecule has 0 spiro atoms. The van der Waals surface area contributed by atoms with E-state index in [-0.39, 0.29) is 12.6 Å². The summed E-state index contributed by atoms with van der Waals surface area (Å²) in [5.41, 5.74) is 6.36. The van der Waals surface area contributed by atoms with Gasteiger partial charge in [-0.2, -0.15) is 0 Å². The SMILES string of the molecule is CCCCCCCCCCCCCCCC(=O)OCCOCCOCCOCCOCCOCCOCCOCCOCCOc1ccc(N)cc1. The van der Waals surface area contributed by atoms with Crippen molar-refractivity contribution in [3.8, 4) is 5.75 Å². The van der Waals surface area contributed by atoms with E-state index in [4.69, 9.17) is 53.1 Å². The van der Waals surface area contributed by atoms with Gasteiger partial charge in [0.25, 0.3) is 0 Å². The summed E-state index contributed by atoms with van der Waals surface area (Å²) in [4.78, 5) is 11.9. The van der Waals surface area contributed by atoms with Crippen LogP contribution in [0.15, 0.2) is 24.3 Å². The Hall–Kier alpha value is -2.03. The lowest BCUT2D eigenvalue weighted by atomic mass is 10.0. The van der Waals surface area contributed by atoms with Crippen molar-refractivity contribution in [1.29, 1.82) is 0 Å². The normalized spacial score (nSPS) is 11.3. The molecule has 0 bridgehead atoms. The van der Waals surface area contributed by atoms with E-state index in [0.29, 0.717) is 124 Å². The van der Waals surface area contributed by atoms with Crippen LogP contribution in [0.5, 0.6) is 5.75 Å². The molecule has 0 aliphatic heterocycles. The number of nitrogen functional groups attached to an aromatic ring is 1. The second-order valence-corrected chi connectivity index (χ2v) is 12.5. The van der Waals surface area contributed by atoms with E-state index in [2.05, 4.69) is 6.92 Å². The van der Waals surface area contributed by atoms with E-state index in [0.717, 1.165) is 18.6 Å². The monoisotopic (exact) mass is 744 g/mol. The fourth-order valence-electron chi connectivity index (χ4n) is 5.00. The summed E-state index contributed by atoms with van der Waals surface area (Å²) in [7, 11) is 0. The highest BCUT2D eigenvalue weighted by Crippen LogP contribution is 2.14. The van der Waals surface area contributed by atoms with Crippen LogP contribution in [0.4, 0.5) is 5.69 Å².